The molecule has 30 heavy (non-hydrogen) atoms. The van der Waals surface area contributed by atoms with Crippen LogP contribution in [0.25, 0.3) is 5.57 Å². The Labute approximate surface area is 184 Å². The molecule has 0 aliphatic carbocycles. The predicted molar refractivity (Wildman–Crippen MR) is 124 cm³/mol. The molecule has 0 fully saturated rings. The van der Waals surface area contributed by atoms with Crippen molar-refractivity contribution in [2.45, 2.75) is 4.90 Å². The molecule has 6 heteroatoms. The lowest BCUT2D eigenvalue weighted by Gasteiger charge is -2.19. The number of imide groups is 1. The second kappa shape index (κ2) is 8.38. The van der Waals surface area contributed by atoms with E-state index in [0.717, 1.165) is 10.6 Å². The molecular formula is C24H19ClN2O2S. The van der Waals surface area contributed by atoms with Crippen LogP contribution in [0, 0.1) is 0 Å². The SMILES string of the molecule is CN(C)c1cccc(N2C(=O)C(Sc3ccccc3)=C(c3ccc(Cl)cc3)C2=O)c1. The highest BCUT2D eigenvalue weighted by atomic mass is 35.5. The average molecular weight is 435 g/mol. The van der Waals surface area contributed by atoms with E-state index in [9.17, 15) is 9.59 Å². The summed E-state index contributed by atoms with van der Waals surface area (Å²) in [7, 11) is 3.83. The zero-order valence-electron chi connectivity index (χ0n) is 16.5. The number of hydrogen-bond donors (Lipinski definition) is 0. The number of halogens is 1. The van der Waals surface area contributed by atoms with Gasteiger partial charge in [-0.3, -0.25) is 9.59 Å². The van der Waals surface area contributed by atoms with Crippen molar-refractivity contribution >= 4 is 52.1 Å². The summed E-state index contributed by atoms with van der Waals surface area (Å²) in [6.07, 6.45) is 0. The fourth-order valence-electron chi connectivity index (χ4n) is 3.23. The number of benzene rings is 3. The number of hydrogen-bond acceptors (Lipinski definition) is 4. The van der Waals surface area contributed by atoms with Gasteiger partial charge in [-0.1, -0.05) is 59.8 Å². The minimum atomic E-state index is -0.336. The Balaban J connectivity index is 1.81. The highest BCUT2D eigenvalue weighted by Gasteiger charge is 2.40. The molecule has 0 spiro atoms. The van der Waals surface area contributed by atoms with Gasteiger partial charge in [0.2, 0.25) is 0 Å². The van der Waals surface area contributed by atoms with Gasteiger partial charge in [0.05, 0.1) is 16.2 Å². The summed E-state index contributed by atoms with van der Waals surface area (Å²) in [5, 5.41) is 0.573. The predicted octanol–water partition coefficient (Wildman–Crippen LogP) is 5.48. The smallest absolute Gasteiger partial charge is 0.272 e. The van der Waals surface area contributed by atoms with Crippen LogP contribution in [0.4, 0.5) is 11.4 Å². The maximum absolute atomic E-state index is 13.5. The number of anilines is 2. The molecule has 4 nitrogen and oxygen atoms in total. The topological polar surface area (TPSA) is 40.6 Å². The number of carbonyl (C=O) groups is 2. The molecule has 0 atom stereocenters. The number of rotatable bonds is 5. The lowest BCUT2D eigenvalue weighted by Crippen LogP contribution is -2.31. The van der Waals surface area contributed by atoms with E-state index in [0.29, 0.717) is 26.8 Å². The Kier molecular flexibility index (Phi) is 5.66. The Morgan fingerprint density at radius 3 is 2.20 bits per heavy atom. The van der Waals surface area contributed by atoms with Crippen LogP contribution >= 0.6 is 23.4 Å². The maximum Gasteiger partial charge on any atom is 0.272 e. The highest BCUT2D eigenvalue weighted by Crippen LogP contribution is 2.41. The minimum Gasteiger partial charge on any atom is -0.378 e. The molecule has 0 unspecified atom stereocenters. The first-order valence-electron chi connectivity index (χ1n) is 9.35. The van der Waals surface area contributed by atoms with Crippen molar-refractivity contribution in [3.8, 4) is 0 Å². The fraction of sp³-hybridized carbons (Fsp3) is 0.0833. The van der Waals surface area contributed by atoms with Crippen LogP contribution in [-0.2, 0) is 9.59 Å². The second-order valence-electron chi connectivity index (χ2n) is 6.99. The summed E-state index contributed by atoms with van der Waals surface area (Å²) in [6, 6.07) is 24.0. The molecule has 1 aliphatic rings. The molecule has 0 radical (unpaired) electrons. The standard InChI is InChI=1S/C24H19ClN2O2S/c1-26(2)18-7-6-8-19(15-18)27-23(28)21(16-11-13-17(25)14-12-16)22(24(27)29)30-20-9-4-3-5-10-20/h3-15H,1-2H3. The molecule has 150 valence electrons. The zero-order chi connectivity index (χ0) is 21.3. The number of amides is 2. The average Bonchev–Trinajstić information content (AvgIpc) is 2.99. The Morgan fingerprint density at radius 2 is 1.53 bits per heavy atom. The van der Waals surface area contributed by atoms with Crippen LogP contribution in [0.15, 0.2) is 88.7 Å². The van der Waals surface area contributed by atoms with Gasteiger partial charge in [-0.15, -0.1) is 0 Å². The Morgan fingerprint density at radius 1 is 0.833 bits per heavy atom. The van der Waals surface area contributed by atoms with E-state index >= 15 is 0 Å². The van der Waals surface area contributed by atoms with Crippen molar-refractivity contribution in [1.82, 2.24) is 0 Å². The first kappa shape index (κ1) is 20.3. The molecule has 3 aromatic carbocycles. The van der Waals surface area contributed by atoms with Crippen LogP contribution in [0.1, 0.15) is 5.56 Å². The maximum atomic E-state index is 13.5. The normalized spacial score (nSPS) is 13.9. The Hall–Kier alpha value is -3.02. The quantitative estimate of drug-likeness (QED) is 0.498. The Bertz CT molecular complexity index is 1140. The number of nitrogens with zero attached hydrogens (tertiary/aromatic N) is 2. The van der Waals surface area contributed by atoms with Gasteiger partial charge in [-0.25, -0.2) is 4.90 Å². The molecule has 1 heterocycles. The van der Waals surface area contributed by atoms with Crippen molar-refractivity contribution < 1.29 is 9.59 Å². The van der Waals surface area contributed by atoms with Crippen molar-refractivity contribution in [1.29, 1.82) is 0 Å². The molecule has 0 bridgehead atoms. The fourth-order valence-corrected chi connectivity index (χ4v) is 4.37. The van der Waals surface area contributed by atoms with Gasteiger partial charge in [0.1, 0.15) is 0 Å². The van der Waals surface area contributed by atoms with Gasteiger partial charge >= 0.3 is 0 Å². The molecule has 1 aliphatic heterocycles. The van der Waals surface area contributed by atoms with Crippen molar-refractivity contribution in [2.24, 2.45) is 0 Å². The minimum absolute atomic E-state index is 0.324. The van der Waals surface area contributed by atoms with E-state index < -0.39 is 0 Å². The van der Waals surface area contributed by atoms with Crippen LogP contribution in [0.5, 0.6) is 0 Å². The molecule has 0 saturated heterocycles. The largest absolute Gasteiger partial charge is 0.378 e. The lowest BCUT2D eigenvalue weighted by atomic mass is 10.1. The van der Waals surface area contributed by atoms with E-state index in [2.05, 4.69) is 0 Å². The van der Waals surface area contributed by atoms with Gasteiger partial charge < -0.3 is 4.90 Å². The monoisotopic (exact) mass is 434 g/mol. The van der Waals surface area contributed by atoms with Crippen LogP contribution in [-0.4, -0.2) is 25.9 Å². The van der Waals surface area contributed by atoms with Gasteiger partial charge in [0, 0.05) is 29.7 Å². The first-order valence-corrected chi connectivity index (χ1v) is 10.5. The van der Waals surface area contributed by atoms with Crippen LogP contribution < -0.4 is 9.80 Å². The third-order valence-electron chi connectivity index (χ3n) is 4.74. The van der Waals surface area contributed by atoms with Crippen molar-refractivity contribution in [3.05, 3.63) is 94.4 Å². The first-order chi connectivity index (χ1) is 14.5. The molecule has 3 aromatic rings. The summed E-state index contributed by atoms with van der Waals surface area (Å²) in [4.78, 5) is 31.4. The van der Waals surface area contributed by atoms with Gasteiger partial charge in [0.15, 0.2) is 0 Å². The summed E-state index contributed by atoms with van der Waals surface area (Å²) in [5.41, 5.74) is 2.51. The molecule has 4 rings (SSSR count). The summed E-state index contributed by atoms with van der Waals surface area (Å²) >= 11 is 7.34. The third kappa shape index (κ3) is 3.86. The zero-order valence-corrected chi connectivity index (χ0v) is 18.1. The number of thioether (sulfide) groups is 1. The van der Waals surface area contributed by atoms with E-state index in [1.165, 1.54) is 16.7 Å². The molecular weight excluding hydrogens is 416 g/mol. The lowest BCUT2D eigenvalue weighted by molar-refractivity contribution is -0.119. The van der Waals surface area contributed by atoms with E-state index in [-0.39, 0.29) is 11.8 Å². The van der Waals surface area contributed by atoms with Gasteiger partial charge in [-0.2, -0.15) is 0 Å². The summed E-state index contributed by atoms with van der Waals surface area (Å²) < 4.78 is 0. The second-order valence-corrected chi connectivity index (χ2v) is 8.51. The van der Waals surface area contributed by atoms with Crippen LogP contribution in [0.2, 0.25) is 5.02 Å². The third-order valence-corrected chi connectivity index (χ3v) is 6.08. The van der Waals surface area contributed by atoms with Crippen molar-refractivity contribution in [2.75, 3.05) is 23.9 Å². The summed E-state index contributed by atoms with van der Waals surface area (Å²) in [6.45, 7) is 0. The summed E-state index contributed by atoms with van der Waals surface area (Å²) in [5.74, 6) is -0.661. The molecule has 0 saturated carbocycles. The van der Waals surface area contributed by atoms with Gasteiger partial charge in [0.25, 0.3) is 11.8 Å². The van der Waals surface area contributed by atoms with E-state index in [1.807, 2.05) is 67.5 Å². The van der Waals surface area contributed by atoms with Gasteiger partial charge in [-0.05, 0) is 48.0 Å². The molecule has 0 aromatic heterocycles. The molecule has 0 N–H and O–H groups in total. The van der Waals surface area contributed by atoms with E-state index in [4.69, 9.17) is 11.6 Å². The highest BCUT2D eigenvalue weighted by molar-refractivity contribution is 8.04. The number of carbonyl (C=O) groups excluding carboxylic acids is 2. The van der Waals surface area contributed by atoms with Crippen LogP contribution in [0.3, 0.4) is 0 Å². The van der Waals surface area contributed by atoms with Crippen molar-refractivity contribution in [3.63, 3.8) is 0 Å². The van der Waals surface area contributed by atoms with E-state index in [1.54, 1.807) is 30.3 Å². The molecule has 2 amide bonds.